The Kier molecular flexibility index (Phi) is 9.03. The van der Waals surface area contributed by atoms with E-state index < -0.39 is 0 Å². The Bertz CT molecular complexity index is 208. The Morgan fingerprint density at radius 2 is 1.82 bits per heavy atom. The van der Waals surface area contributed by atoms with Crippen LogP contribution in [0.5, 0.6) is 0 Å². The number of amides is 1. The molecule has 0 unspecified atom stereocenters. The molecule has 0 aromatic rings. The summed E-state index contributed by atoms with van der Waals surface area (Å²) in [6.45, 7) is 7.26. The second-order valence-corrected chi connectivity index (χ2v) is 4.85. The smallest absolute Gasteiger partial charge is 0.233 e. The number of ether oxygens (including phenoxy) is 2. The van der Waals surface area contributed by atoms with Crippen molar-refractivity contribution in [2.75, 3.05) is 47.1 Å². The lowest BCUT2D eigenvalue weighted by atomic mass is 9.90. The van der Waals surface area contributed by atoms with E-state index in [1.165, 1.54) is 0 Å². The third-order valence-electron chi connectivity index (χ3n) is 2.52. The van der Waals surface area contributed by atoms with Crippen molar-refractivity contribution in [1.29, 1.82) is 0 Å². The molecule has 0 bridgehead atoms. The van der Waals surface area contributed by atoms with E-state index in [2.05, 4.69) is 24.5 Å². The van der Waals surface area contributed by atoms with E-state index in [1.807, 2.05) is 0 Å². The highest BCUT2D eigenvalue weighted by Gasteiger charge is 2.18. The van der Waals surface area contributed by atoms with Crippen molar-refractivity contribution < 1.29 is 14.3 Å². The van der Waals surface area contributed by atoms with Crippen LogP contribution < -0.4 is 10.6 Å². The van der Waals surface area contributed by atoms with E-state index in [0.717, 1.165) is 13.0 Å². The van der Waals surface area contributed by atoms with E-state index in [1.54, 1.807) is 14.2 Å². The maximum absolute atomic E-state index is 11.5. The molecular formula is C12H26N2O3. The summed E-state index contributed by atoms with van der Waals surface area (Å²) < 4.78 is 9.91. The Morgan fingerprint density at radius 3 is 2.41 bits per heavy atom. The van der Waals surface area contributed by atoms with Crippen LogP contribution in [-0.4, -0.2) is 53.0 Å². The average Bonchev–Trinajstić information content (AvgIpc) is 2.30. The molecule has 2 N–H and O–H groups in total. The van der Waals surface area contributed by atoms with Gasteiger partial charge in [0.25, 0.3) is 0 Å². The van der Waals surface area contributed by atoms with Crippen LogP contribution in [0.15, 0.2) is 0 Å². The maximum Gasteiger partial charge on any atom is 0.233 e. The van der Waals surface area contributed by atoms with Gasteiger partial charge in [-0.15, -0.1) is 0 Å². The number of hydrogen-bond acceptors (Lipinski definition) is 4. The van der Waals surface area contributed by atoms with Gasteiger partial charge in [0.1, 0.15) is 0 Å². The van der Waals surface area contributed by atoms with E-state index in [0.29, 0.717) is 26.2 Å². The lowest BCUT2D eigenvalue weighted by Crippen LogP contribution is -2.40. The largest absolute Gasteiger partial charge is 0.385 e. The SMILES string of the molecule is COCCNCC(=O)NCC(C)(C)CCOC. The fraction of sp³-hybridized carbons (Fsp3) is 0.917. The first kappa shape index (κ1) is 16.4. The van der Waals surface area contributed by atoms with E-state index in [4.69, 9.17) is 9.47 Å². The van der Waals surface area contributed by atoms with Gasteiger partial charge in [-0.3, -0.25) is 4.79 Å². The number of methoxy groups -OCH3 is 2. The molecule has 0 aliphatic carbocycles. The Balaban J connectivity index is 3.60. The van der Waals surface area contributed by atoms with E-state index in [9.17, 15) is 4.79 Å². The minimum atomic E-state index is 0.0200. The van der Waals surface area contributed by atoms with Gasteiger partial charge < -0.3 is 20.1 Å². The zero-order chi connectivity index (χ0) is 13.1. The summed E-state index contributed by atoms with van der Waals surface area (Å²) in [5.74, 6) is 0.0200. The monoisotopic (exact) mass is 246 g/mol. The molecule has 0 saturated heterocycles. The molecule has 5 heteroatoms. The quantitative estimate of drug-likeness (QED) is 0.548. The number of carbonyl (C=O) groups is 1. The fourth-order valence-corrected chi connectivity index (χ4v) is 1.24. The summed E-state index contributed by atoms with van der Waals surface area (Å²) in [7, 11) is 3.33. The van der Waals surface area contributed by atoms with Gasteiger partial charge in [0.15, 0.2) is 0 Å². The number of hydrogen-bond donors (Lipinski definition) is 2. The van der Waals surface area contributed by atoms with Crippen molar-refractivity contribution in [3.63, 3.8) is 0 Å². The van der Waals surface area contributed by atoms with Gasteiger partial charge in [0.2, 0.25) is 5.91 Å². The summed E-state index contributed by atoms with van der Waals surface area (Å²) in [6.07, 6.45) is 0.931. The van der Waals surface area contributed by atoms with Crippen molar-refractivity contribution in [3.8, 4) is 0 Å². The topological polar surface area (TPSA) is 59.6 Å². The average molecular weight is 246 g/mol. The zero-order valence-electron chi connectivity index (χ0n) is 11.5. The lowest BCUT2D eigenvalue weighted by Gasteiger charge is -2.24. The van der Waals surface area contributed by atoms with Gasteiger partial charge in [0.05, 0.1) is 13.2 Å². The minimum Gasteiger partial charge on any atom is -0.385 e. The van der Waals surface area contributed by atoms with E-state index >= 15 is 0 Å². The first-order valence-corrected chi connectivity index (χ1v) is 5.97. The molecule has 5 nitrogen and oxygen atoms in total. The second kappa shape index (κ2) is 9.39. The van der Waals surface area contributed by atoms with Crippen LogP contribution in [0.2, 0.25) is 0 Å². The van der Waals surface area contributed by atoms with Gasteiger partial charge in [-0.1, -0.05) is 13.8 Å². The first-order chi connectivity index (χ1) is 8.02. The highest BCUT2D eigenvalue weighted by molar-refractivity contribution is 5.77. The molecule has 0 aliphatic heterocycles. The van der Waals surface area contributed by atoms with Crippen molar-refractivity contribution in [2.24, 2.45) is 5.41 Å². The predicted molar refractivity (Wildman–Crippen MR) is 68.0 cm³/mol. The summed E-state index contributed by atoms with van der Waals surface area (Å²) in [5.41, 5.74) is 0.0677. The third kappa shape index (κ3) is 10.2. The molecule has 0 aromatic carbocycles. The van der Waals surface area contributed by atoms with Gasteiger partial charge in [0, 0.05) is 33.9 Å². The van der Waals surface area contributed by atoms with Crippen molar-refractivity contribution in [3.05, 3.63) is 0 Å². The fourth-order valence-electron chi connectivity index (χ4n) is 1.24. The predicted octanol–water partition coefficient (Wildman–Crippen LogP) is 0.401. The summed E-state index contributed by atoms with van der Waals surface area (Å²) in [6, 6.07) is 0. The number of carbonyl (C=O) groups excluding carboxylic acids is 1. The van der Waals surface area contributed by atoms with Crippen LogP contribution in [0.25, 0.3) is 0 Å². The molecule has 0 spiro atoms. The Labute approximate surface area is 104 Å². The molecule has 17 heavy (non-hydrogen) atoms. The minimum absolute atomic E-state index is 0.0200. The Hall–Kier alpha value is -0.650. The number of rotatable bonds is 10. The summed E-state index contributed by atoms with van der Waals surface area (Å²) in [5, 5.41) is 5.91. The summed E-state index contributed by atoms with van der Waals surface area (Å²) in [4.78, 5) is 11.5. The molecule has 0 fully saturated rings. The van der Waals surface area contributed by atoms with Crippen molar-refractivity contribution in [1.82, 2.24) is 10.6 Å². The van der Waals surface area contributed by atoms with Crippen molar-refractivity contribution in [2.45, 2.75) is 20.3 Å². The van der Waals surface area contributed by atoms with Crippen LogP contribution in [0, 0.1) is 5.41 Å². The van der Waals surface area contributed by atoms with Crippen molar-refractivity contribution >= 4 is 5.91 Å². The van der Waals surface area contributed by atoms with Crippen LogP contribution in [0.3, 0.4) is 0 Å². The zero-order valence-corrected chi connectivity index (χ0v) is 11.5. The van der Waals surface area contributed by atoms with Crippen LogP contribution >= 0.6 is 0 Å². The molecule has 102 valence electrons. The van der Waals surface area contributed by atoms with Gasteiger partial charge >= 0.3 is 0 Å². The molecule has 0 saturated carbocycles. The molecule has 0 heterocycles. The molecule has 0 radical (unpaired) electrons. The lowest BCUT2D eigenvalue weighted by molar-refractivity contribution is -0.120. The number of nitrogens with one attached hydrogen (secondary N) is 2. The second-order valence-electron chi connectivity index (χ2n) is 4.85. The third-order valence-corrected chi connectivity index (χ3v) is 2.52. The molecule has 0 atom stereocenters. The first-order valence-electron chi connectivity index (χ1n) is 5.97. The van der Waals surface area contributed by atoms with Crippen LogP contribution in [0.4, 0.5) is 0 Å². The Morgan fingerprint density at radius 1 is 1.18 bits per heavy atom. The molecule has 1 amide bonds. The molecule has 0 aromatic heterocycles. The molecule has 0 aliphatic rings. The van der Waals surface area contributed by atoms with E-state index in [-0.39, 0.29) is 11.3 Å². The normalized spacial score (nSPS) is 11.5. The van der Waals surface area contributed by atoms with Gasteiger partial charge in [-0.2, -0.15) is 0 Å². The molecular weight excluding hydrogens is 220 g/mol. The standard InChI is InChI=1S/C12H26N2O3/c1-12(2,5-7-16-3)10-14-11(15)9-13-6-8-17-4/h13H,5-10H2,1-4H3,(H,14,15). The summed E-state index contributed by atoms with van der Waals surface area (Å²) >= 11 is 0. The van der Waals surface area contributed by atoms with Crippen LogP contribution in [0.1, 0.15) is 20.3 Å². The molecule has 0 rings (SSSR count). The van der Waals surface area contributed by atoms with Gasteiger partial charge in [-0.05, 0) is 11.8 Å². The maximum atomic E-state index is 11.5. The highest BCUT2D eigenvalue weighted by Crippen LogP contribution is 2.18. The van der Waals surface area contributed by atoms with Crippen LogP contribution in [-0.2, 0) is 14.3 Å². The highest BCUT2D eigenvalue weighted by atomic mass is 16.5. The van der Waals surface area contributed by atoms with Gasteiger partial charge in [-0.25, -0.2) is 0 Å².